The Hall–Kier alpha value is -0.130. The van der Waals surface area contributed by atoms with E-state index in [4.69, 9.17) is 0 Å². The van der Waals surface area contributed by atoms with Gasteiger partial charge in [-0.25, -0.2) is 8.42 Å². The van der Waals surface area contributed by atoms with Crippen LogP contribution in [0.25, 0.3) is 0 Å². The van der Waals surface area contributed by atoms with Crippen LogP contribution in [0.2, 0.25) is 0 Å². The first-order valence-corrected chi connectivity index (χ1v) is 8.18. The monoisotopic (exact) mass is 260 g/mol. The number of piperazine rings is 1. The molecular formula is C12H24N2O2S. The van der Waals surface area contributed by atoms with Crippen molar-refractivity contribution in [2.24, 2.45) is 0 Å². The normalized spacial score (nSPS) is 32.7. The van der Waals surface area contributed by atoms with E-state index in [1.54, 1.807) is 18.2 Å². The number of piperidine rings is 1. The van der Waals surface area contributed by atoms with E-state index >= 15 is 0 Å². The quantitative estimate of drug-likeness (QED) is 0.751. The Labute approximate surface area is 105 Å². The Balaban J connectivity index is 2.15. The molecule has 2 rings (SSSR count). The summed E-state index contributed by atoms with van der Waals surface area (Å²) in [7, 11) is -3.09. The van der Waals surface area contributed by atoms with E-state index < -0.39 is 10.0 Å². The highest BCUT2D eigenvalue weighted by Gasteiger charge is 2.39. The molecule has 0 aromatic heterocycles. The van der Waals surface area contributed by atoms with Gasteiger partial charge in [-0.3, -0.25) is 4.90 Å². The molecule has 0 aromatic carbocycles. The summed E-state index contributed by atoms with van der Waals surface area (Å²) < 4.78 is 26.3. The zero-order valence-electron chi connectivity index (χ0n) is 11.1. The number of hydrogen-bond donors (Lipinski definition) is 0. The number of hydrogen-bond acceptors (Lipinski definition) is 3. The highest BCUT2D eigenvalue weighted by Crippen LogP contribution is 2.26. The Morgan fingerprint density at radius 3 is 2.53 bits per heavy atom. The summed E-state index contributed by atoms with van der Waals surface area (Å²) in [6, 6.07) is 0.574. The SMILES string of the molecule is CC1CN2CCCCC2CN1S(=O)(=O)C(C)C. The van der Waals surface area contributed by atoms with Crippen molar-refractivity contribution >= 4 is 10.0 Å². The minimum absolute atomic E-state index is 0.122. The van der Waals surface area contributed by atoms with Crippen LogP contribution in [0, 0.1) is 0 Å². The second-order valence-corrected chi connectivity index (χ2v) is 8.10. The van der Waals surface area contributed by atoms with Crippen molar-refractivity contribution in [3.05, 3.63) is 0 Å². The van der Waals surface area contributed by atoms with Crippen molar-refractivity contribution in [2.45, 2.75) is 57.4 Å². The van der Waals surface area contributed by atoms with Crippen LogP contribution < -0.4 is 0 Å². The minimum atomic E-state index is -3.09. The van der Waals surface area contributed by atoms with Gasteiger partial charge in [0.1, 0.15) is 0 Å². The van der Waals surface area contributed by atoms with Gasteiger partial charge in [-0.15, -0.1) is 0 Å². The summed E-state index contributed by atoms with van der Waals surface area (Å²) in [5, 5.41) is -0.305. The maximum absolute atomic E-state index is 12.3. The van der Waals surface area contributed by atoms with Gasteiger partial charge in [0.2, 0.25) is 10.0 Å². The molecule has 0 amide bonds. The molecule has 2 atom stereocenters. The van der Waals surface area contributed by atoms with Gasteiger partial charge in [0, 0.05) is 25.2 Å². The topological polar surface area (TPSA) is 40.6 Å². The van der Waals surface area contributed by atoms with Gasteiger partial charge in [-0.1, -0.05) is 6.42 Å². The molecule has 0 bridgehead atoms. The fourth-order valence-electron chi connectivity index (χ4n) is 2.95. The third-order valence-electron chi connectivity index (χ3n) is 4.05. The lowest BCUT2D eigenvalue weighted by Crippen LogP contribution is -2.60. The first kappa shape index (κ1) is 13.3. The standard InChI is InChI=1S/C12H24N2O2S/c1-10(2)17(15,16)14-9-12-6-4-5-7-13(12)8-11(14)3/h10-12H,4-9H2,1-3H3. The summed E-state index contributed by atoms with van der Waals surface area (Å²) in [4.78, 5) is 2.47. The lowest BCUT2D eigenvalue weighted by atomic mass is 9.99. The molecule has 0 radical (unpaired) electrons. The van der Waals surface area contributed by atoms with Gasteiger partial charge in [0.25, 0.3) is 0 Å². The van der Waals surface area contributed by atoms with Crippen molar-refractivity contribution < 1.29 is 8.42 Å². The third-order valence-corrected chi connectivity index (χ3v) is 6.41. The molecule has 2 fully saturated rings. The van der Waals surface area contributed by atoms with Crippen LogP contribution >= 0.6 is 0 Å². The predicted octanol–water partition coefficient (Wildman–Crippen LogP) is 1.28. The summed E-state index contributed by atoms with van der Waals surface area (Å²) in [6.45, 7) is 8.32. The van der Waals surface area contributed by atoms with Gasteiger partial charge in [-0.05, 0) is 40.2 Å². The average Bonchev–Trinajstić information content (AvgIpc) is 2.27. The van der Waals surface area contributed by atoms with E-state index in [0.717, 1.165) is 19.5 Å². The van der Waals surface area contributed by atoms with E-state index in [9.17, 15) is 8.42 Å². The van der Waals surface area contributed by atoms with E-state index in [1.807, 2.05) is 6.92 Å². The molecule has 2 heterocycles. The molecule has 100 valence electrons. The van der Waals surface area contributed by atoms with Crippen molar-refractivity contribution in [2.75, 3.05) is 19.6 Å². The van der Waals surface area contributed by atoms with Crippen molar-refractivity contribution in [1.29, 1.82) is 0 Å². The van der Waals surface area contributed by atoms with Gasteiger partial charge in [-0.2, -0.15) is 4.31 Å². The molecule has 2 saturated heterocycles. The van der Waals surface area contributed by atoms with E-state index in [1.165, 1.54) is 12.8 Å². The number of rotatable bonds is 2. The number of sulfonamides is 1. The van der Waals surface area contributed by atoms with Crippen molar-refractivity contribution in [1.82, 2.24) is 9.21 Å². The average molecular weight is 260 g/mol. The molecule has 17 heavy (non-hydrogen) atoms. The van der Waals surface area contributed by atoms with Crippen LogP contribution in [0.4, 0.5) is 0 Å². The lowest BCUT2D eigenvalue weighted by molar-refractivity contribution is 0.0561. The largest absolute Gasteiger partial charge is 0.297 e. The van der Waals surface area contributed by atoms with Crippen LogP contribution in [-0.2, 0) is 10.0 Å². The molecule has 5 heteroatoms. The number of fused-ring (bicyclic) bond motifs is 1. The van der Waals surface area contributed by atoms with Gasteiger partial charge in [0.15, 0.2) is 0 Å². The molecule has 0 N–H and O–H groups in total. The van der Waals surface area contributed by atoms with Gasteiger partial charge < -0.3 is 0 Å². The first-order chi connectivity index (χ1) is 7.93. The molecule has 2 aliphatic rings. The van der Waals surface area contributed by atoms with Crippen LogP contribution in [-0.4, -0.2) is 54.6 Å². The van der Waals surface area contributed by atoms with Crippen LogP contribution in [0.5, 0.6) is 0 Å². The first-order valence-electron chi connectivity index (χ1n) is 6.67. The van der Waals surface area contributed by atoms with E-state index in [0.29, 0.717) is 12.6 Å². The fraction of sp³-hybridized carbons (Fsp3) is 1.00. The van der Waals surface area contributed by atoms with Gasteiger partial charge >= 0.3 is 0 Å². The summed E-state index contributed by atoms with van der Waals surface area (Å²) in [5.74, 6) is 0. The molecule has 0 aromatic rings. The van der Waals surface area contributed by atoms with Crippen LogP contribution in [0.15, 0.2) is 0 Å². The van der Waals surface area contributed by atoms with Crippen LogP contribution in [0.3, 0.4) is 0 Å². The fourth-order valence-corrected chi connectivity index (χ4v) is 4.44. The molecule has 4 nitrogen and oxygen atoms in total. The molecule has 2 aliphatic heterocycles. The van der Waals surface area contributed by atoms with Crippen molar-refractivity contribution in [3.8, 4) is 0 Å². The van der Waals surface area contributed by atoms with Gasteiger partial charge in [0.05, 0.1) is 5.25 Å². The highest BCUT2D eigenvalue weighted by atomic mass is 32.2. The smallest absolute Gasteiger partial charge is 0.216 e. The Bertz CT molecular complexity index is 367. The van der Waals surface area contributed by atoms with E-state index in [-0.39, 0.29) is 11.3 Å². The molecule has 0 aliphatic carbocycles. The summed E-state index contributed by atoms with van der Waals surface area (Å²) >= 11 is 0. The molecule has 0 spiro atoms. The molecule has 2 unspecified atom stereocenters. The number of nitrogens with zero attached hydrogens (tertiary/aromatic N) is 2. The molecular weight excluding hydrogens is 236 g/mol. The Morgan fingerprint density at radius 1 is 1.18 bits per heavy atom. The third kappa shape index (κ3) is 2.51. The Kier molecular flexibility index (Phi) is 3.80. The maximum Gasteiger partial charge on any atom is 0.216 e. The minimum Gasteiger partial charge on any atom is -0.297 e. The lowest BCUT2D eigenvalue weighted by Gasteiger charge is -2.47. The zero-order valence-corrected chi connectivity index (χ0v) is 11.9. The second-order valence-electron chi connectivity index (χ2n) is 5.66. The van der Waals surface area contributed by atoms with E-state index in [2.05, 4.69) is 4.90 Å². The highest BCUT2D eigenvalue weighted by molar-refractivity contribution is 7.89. The molecule has 0 saturated carbocycles. The zero-order chi connectivity index (χ0) is 12.6. The van der Waals surface area contributed by atoms with Crippen LogP contribution in [0.1, 0.15) is 40.0 Å². The summed E-state index contributed by atoms with van der Waals surface area (Å²) in [6.07, 6.45) is 3.65. The predicted molar refractivity (Wildman–Crippen MR) is 69.4 cm³/mol. The van der Waals surface area contributed by atoms with Crippen molar-refractivity contribution in [3.63, 3.8) is 0 Å². The Morgan fingerprint density at radius 2 is 1.88 bits per heavy atom. The second kappa shape index (κ2) is 4.86. The maximum atomic E-state index is 12.3. The summed E-state index contributed by atoms with van der Waals surface area (Å²) in [5.41, 5.74) is 0.